The number of nitrogens with zero attached hydrogens (tertiary/aromatic N) is 2. The van der Waals surface area contributed by atoms with Crippen molar-refractivity contribution in [3.8, 4) is 5.75 Å². The summed E-state index contributed by atoms with van der Waals surface area (Å²) >= 11 is 1.32. The number of hydrogen-bond donors (Lipinski definition) is 2. The first-order chi connectivity index (χ1) is 12.2. The van der Waals surface area contributed by atoms with Crippen LogP contribution in [-0.4, -0.2) is 23.0 Å². The maximum absolute atomic E-state index is 12.7. The molecule has 4 rings (SSSR count). The van der Waals surface area contributed by atoms with Crippen LogP contribution < -0.4 is 15.8 Å². The Morgan fingerprint density at radius 2 is 2.08 bits per heavy atom. The number of benzene rings is 1. The first-order valence-electron chi connectivity index (χ1n) is 7.54. The second-order valence-electron chi connectivity index (χ2n) is 5.39. The molecule has 7 heteroatoms. The van der Waals surface area contributed by atoms with Gasteiger partial charge in [0.1, 0.15) is 16.1 Å². The molecule has 0 atom stereocenters. The van der Waals surface area contributed by atoms with Crippen LogP contribution in [0.3, 0.4) is 0 Å². The van der Waals surface area contributed by atoms with Gasteiger partial charge in [-0.15, -0.1) is 11.3 Å². The van der Waals surface area contributed by atoms with Crippen molar-refractivity contribution in [1.82, 2.24) is 9.97 Å². The number of pyridine rings is 2. The lowest BCUT2D eigenvalue weighted by Gasteiger charge is -2.11. The molecule has 0 saturated heterocycles. The molecule has 0 saturated carbocycles. The van der Waals surface area contributed by atoms with Crippen molar-refractivity contribution in [2.24, 2.45) is 0 Å². The number of fused-ring (bicyclic) bond motifs is 2. The van der Waals surface area contributed by atoms with Gasteiger partial charge in [-0.05, 0) is 30.3 Å². The minimum Gasteiger partial charge on any atom is -0.496 e. The summed E-state index contributed by atoms with van der Waals surface area (Å²) in [5.41, 5.74) is 7.81. The minimum atomic E-state index is -0.268. The zero-order chi connectivity index (χ0) is 17.4. The van der Waals surface area contributed by atoms with Crippen molar-refractivity contribution in [3.63, 3.8) is 0 Å². The number of carbonyl (C=O) groups is 1. The van der Waals surface area contributed by atoms with Crippen LogP contribution in [0.1, 0.15) is 9.67 Å². The fraction of sp³-hybridized carbons (Fsp3) is 0.0556. The summed E-state index contributed by atoms with van der Waals surface area (Å²) in [6.45, 7) is 0. The highest BCUT2D eigenvalue weighted by Crippen LogP contribution is 2.34. The Balaban J connectivity index is 1.76. The molecule has 1 amide bonds. The molecule has 25 heavy (non-hydrogen) atoms. The van der Waals surface area contributed by atoms with E-state index < -0.39 is 0 Å². The first kappa shape index (κ1) is 15.3. The van der Waals surface area contributed by atoms with Crippen LogP contribution in [0, 0.1) is 0 Å². The van der Waals surface area contributed by atoms with Gasteiger partial charge in [-0.3, -0.25) is 14.8 Å². The van der Waals surface area contributed by atoms with E-state index in [1.165, 1.54) is 11.3 Å². The van der Waals surface area contributed by atoms with Gasteiger partial charge in [0, 0.05) is 29.4 Å². The van der Waals surface area contributed by atoms with Crippen molar-refractivity contribution in [3.05, 3.63) is 53.8 Å². The molecule has 124 valence electrons. The highest BCUT2D eigenvalue weighted by Gasteiger charge is 2.18. The average molecular weight is 350 g/mol. The molecule has 0 unspecified atom stereocenters. The van der Waals surface area contributed by atoms with Crippen molar-refractivity contribution < 1.29 is 9.53 Å². The molecule has 0 fully saturated rings. The number of hydrogen-bond acceptors (Lipinski definition) is 6. The molecule has 6 nitrogen and oxygen atoms in total. The van der Waals surface area contributed by atoms with E-state index in [0.717, 1.165) is 21.2 Å². The Morgan fingerprint density at radius 1 is 1.20 bits per heavy atom. The van der Waals surface area contributed by atoms with Crippen LogP contribution in [0.15, 0.2) is 48.9 Å². The predicted octanol–water partition coefficient (Wildman–Crippen LogP) is 3.69. The van der Waals surface area contributed by atoms with Gasteiger partial charge in [0.25, 0.3) is 5.91 Å². The molecule has 3 aromatic heterocycles. The van der Waals surface area contributed by atoms with E-state index in [4.69, 9.17) is 10.5 Å². The Morgan fingerprint density at radius 3 is 2.88 bits per heavy atom. The number of rotatable bonds is 3. The fourth-order valence-corrected chi connectivity index (χ4v) is 3.72. The number of thiophene rings is 1. The third-order valence-electron chi connectivity index (χ3n) is 3.93. The Labute approximate surface area is 147 Å². The van der Waals surface area contributed by atoms with Crippen LogP contribution in [0.2, 0.25) is 0 Å². The molecular weight excluding hydrogens is 336 g/mol. The molecule has 0 aliphatic rings. The summed E-state index contributed by atoms with van der Waals surface area (Å²) in [5.74, 6) is 0.455. The van der Waals surface area contributed by atoms with Gasteiger partial charge < -0.3 is 15.8 Å². The zero-order valence-electron chi connectivity index (χ0n) is 13.3. The van der Waals surface area contributed by atoms with Gasteiger partial charge in [-0.2, -0.15) is 0 Å². The van der Waals surface area contributed by atoms with Crippen LogP contribution in [-0.2, 0) is 0 Å². The number of methoxy groups -OCH3 is 1. The number of ether oxygens (including phenoxy) is 1. The van der Waals surface area contributed by atoms with E-state index in [0.29, 0.717) is 21.8 Å². The number of nitrogens with two attached hydrogens (primary N) is 1. The van der Waals surface area contributed by atoms with Crippen LogP contribution in [0.4, 0.5) is 11.4 Å². The quantitative estimate of drug-likeness (QED) is 0.588. The lowest BCUT2D eigenvalue weighted by Crippen LogP contribution is -2.12. The van der Waals surface area contributed by atoms with Crippen molar-refractivity contribution in [1.29, 1.82) is 0 Å². The minimum absolute atomic E-state index is 0.268. The number of anilines is 2. The molecule has 0 radical (unpaired) electrons. The number of nitrogens with one attached hydrogen (secondary N) is 1. The molecule has 3 heterocycles. The smallest absolute Gasteiger partial charge is 0.267 e. The van der Waals surface area contributed by atoms with Gasteiger partial charge >= 0.3 is 0 Å². The highest BCUT2D eigenvalue weighted by atomic mass is 32.1. The standard InChI is InChI=1S/C18H14N4O2S/c1-24-13-5-4-12(11-9-20-8-6-10(11)13)22-18(23)17-15(19)16-14(25-17)3-2-7-21-16/h2-9H,19H2,1H3,(H,22,23). The maximum atomic E-state index is 12.7. The summed E-state index contributed by atoms with van der Waals surface area (Å²) in [7, 11) is 1.61. The summed E-state index contributed by atoms with van der Waals surface area (Å²) in [4.78, 5) is 21.6. The van der Waals surface area contributed by atoms with Gasteiger partial charge in [-0.25, -0.2) is 0 Å². The number of carbonyl (C=O) groups excluding carboxylic acids is 1. The highest BCUT2D eigenvalue weighted by molar-refractivity contribution is 7.21. The van der Waals surface area contributed by atoms with E-state index >= 15 is 0 Å². The van der Waals surface area contributed by atoms with E-state index in [-0.39, 0.29) is 5.91 Å². The zero-order valence-corrected chi connectivity index (χ0v) is 14.1. The third-order valence-corrected chi connectivity index (χ3v) is 5.09. The third kappa shape index (κ3) is 2.54. The second-order valence-corrected chi connectivity index (χ2v) is 6.44. The van der Waals surface area contributed by atoms with Crippen LogP contribution in [0.25, 0.3) is 21.0 Å². The molecule has 0 spiro atoms. The molecule has 3 N–H and O–H groups in total. The Hall–Kier alpha value is -3.19. The SMILES string of the molecule is COc1ccc(NC(=O)c2sc3cccnc3c2N)c2cnccc12. The molecule has 4 aromatic rings. The molecule has 0 aliphatic heterocycles. The maximum Gasteiger partial charge on any atom is 0.267 e. The summed E-state index contributed by atoms with van der Waals surface area (Å²) in [6.07, 6.45) is 5.05. The number of amides is 1. The van der Waals surface area contributed by atoms with Crippen LogP contribution >= 0.6 is 11.3 Å². The number of aromatic nitrogens is 2. The van der Waals surface area contributed by atoms with Gasteiger partial charge in [-0.1, -0.05) is 0 Å². The van der Waals surface area contributed by atoms with Crippen LogP contribution in [0.5, 0.6) is 5.75 Å². The lowest BCUT2D eigenvalue weighted by molar-refractivity contribution is 0.103. The first-order valence-corrected chi connectivity index (χ1v) is 8.35. The number of nitrogen functional groups attached to an aromatic ring is 1. The van der Waals surface area contributed by atoms with E-state index in [9.17, 15) is 4.79 Å². The molecule has 0 aliphatic carbocycles. The topological polar surface area (TPSA) is 90.1 Å². The van der Waals surface area contributed by atoms with E-state index in [1.54, 1.807) is 31.8 Å². The largest absolute Gasteiger partial charge is 0.496 e. The average Bonchev–Trinajstić information content (AvgIpc) is 2.99. The molecule has 1 aromatic carbocycles. The van der Waals surface area contributed by atoms with Crippen molar-refractivity contribution >= 4 is 49.6 Å². The van der Waals surface area contributed by atoms with E-state index in [2.05, 4.69) is 15.3 Å². The van der Waals surface area contributed by atoms with Gasteiger partial charge in [0.2, 0.25) is 0 Å². The van der Waals surface area contributed by atoms with Crippen molar-refractivity contribution in [2.45, 2.75) is 0 Å². The summed E-state index contributed by atoms with van der Waals surface area (Å²) < 4.78 is 6.25. The monoisotopic (exact) mass is 350 g/mol. The normalized spacial score (nSPS) is 10.9. The lowest BCUT2D eigenvalue weighted by atomic mass is 10.1. The van der Waals surface area contributed by atoms with Gasteiger partial charge in [0.15, 0.2) is 0 Å². The van der Waals surface area contributed by atoms with Crippen molar-refractivity contribution in [2.75, 3.05) is 18.2 Å². The van der Waals surface area contributed by atoms with Gasteiger partial charge in [0.05, 0.1) is 23.2 Å². The predicted molar refractivity (Wildman–Crippen MR) is 100 cm³/mol. The molecular formula is C18H14N4O2S. The Bertz CT molecular complexity index is 1110. The molecule has 0 bridgehead atoms. The summed E-state index contributed by atoms with van der Waals surface area (Å²) in [6, 6.07) is 9.17. The fourth-order valence-electron chi connectivity index (χ4n) is 2.74. The van der Waals surface area contributed by atoms with E-state index in [1.807, 2.05) is 24.3 Å². The Kier molecular flexibility index (Phi) is 3.70. The second kappa shape index (κ2) is 6.03. The summed E-state index contributed by atoms with van der Waals surface area (Å²) in [5, 5.41) is 4.60.